The zero-order valence-corrected chi connectivity index (χ0v) is 12.2. The highest BCUT2D eigenvalue weighted by molar-refractivity contribution is 7.89. The second-order valence-electron chi connectivity index (χ2n) is 5.70. The van der Waals surface area contributed by atoms with E-state index in [0.717, 1.165) is 32.1 Å². The molecule has 6 heteroatoms. The largest absolute Gasteiger partial charge is 0.480 e. The fraction of sp³-hybridized carbons (Fsp3) is 0.923. The lowest BCUT2D eigenvalue weighted by atomic mass is 10.0. The van der Waals surface area contributed by atoms with Crippen molar-refractivity contribution in [3.8, 4) is 0 Å². The minimum absolute atomic E-state index is 0.0623. The summed E-state index contributed by atoms with van der Waals surface area (Å²) in [6.07, 6.45) is 5.76. The van der Waals surface area contributed by atoms with Gasteiger partial charge in [-0.05, 0) is 31.6 Å². The summed E-state index contributed by atoms with van der Waals surface area (Å²) >= 11 is 0. The number of carboxylic acid groups (broad SMARTS) is 1. The second kappa shape index (κ2) is 5.79. The Morgan fingerprint density at radius 1 is 1.32 bits per heavy atom. The first-order chi connectivity index (χ1) is 8.97. The molecule has 1 aliphatic heterocycles. The summed E-state index contributed by atoms with van der Waals surface area (Å²) in [5.74, 6) is -0.649. The van der Waals surface area contributed by atoms with Crippen molar-refractivity contribution in [1.82, 2.24) is 4.31 Å². The molecule has 19 heavy (non-hydrogen) atoms. The van der Waals surface area contributed by atoms with Crippen molar-refractivity contribution in [2.24, 2.45) is 5.92 Å². The van der Waals surface area contributed by atoms with E-state index in [1.165, 1.54) is 4.31 Å². The van der Waals surface area contributed by atoms with Gasteiger partial charge >= 0.3 is 5.97 Å². The molecule has 1 heterocycles. The maximum atomic E-state index is 12.4. The van der Waals surface area contributed by atoms with Crippen LogP contribution in [0.3, 0.4) is 0 Å². The molecular formula is C13H23NO4S. The molecule has 3 unspecified atom stereocenters. The maximum Gasteiger partial charge on any atom is 0.322 e. The summed E-state index contributed by atoms with van der Waals surface area (Å²) in [6, 6.07) is -0.894. The zero-order chi connectivity index (χ0) is 14.0. The molecule has 110 valence electrons. The molecule has 3 atom stereocenters. The van der Waals surface area contributed by atoms with Crippen molar-refractivity contribution >= 4 is 16.0 Å². The van der Waals surface area contributed by atoms with Crippen molar-refractivity contribution in [1.29, 1.82) is 0 Å². The van der Waals surface area contributed by atoms with Crippen molar-refractivity contribution < 1.29 is 18.3 Å². The summed E-state index contributed by atoms with van der Waals surface area (Å²) in [7, 11) is -3.43. The molecule has 1 saturated heterocycles. The first-order valence-electron chi connectivity index (χ1n) is 7.21. The summed E-state index contributed by atoms with van der Waals surface area (Å²) in [6.45, 7) is 2.02. The van der Waals surface area contributed by atoms with Crippen LogP contribution in [0.1, 0.15) is 51.9 Å². The van der Waals surface area contributed by atoms with E-state index in [9.17, 15) is 18.3 Å². The van der Waals surface area contributed by atoms with Crippen LogP contribution in [-0.4, -0.2) is 41.6 Å². The standard InChI is InChI=1S/C13H23NO4S/c1-2-3-4-8-19(17,18)14-11-7-5-6-10(11)9-12(14)13(15)16/h10-12H,2-9H2,1H3,(H,15,16). The lowest BCUT2D eigenvalue weighted by Crippen LogP contribution is -2.45. The highest BCUT2D eigenvalue weighted by Crippen LogP contribution is 2.43. The SMILES string of the molecule is CCCCCS(=O)(=O)N1C(C(=O)O)CC2CCCC21. The van der Waals surface area contributed by atoms with Crippen molar-refractivity contribution in [3.63, 3.8) is 0 Å². The van der Waals surface area contributed by atoms with Gasteiger partial charge in [-0.2, -0.15) is 4.31 Å². The Kier molecular flexibility index (Phi) is 4.50. The van der Waals surface area contributed by atoms with Gasteiger partial charge in [-0.15, -0.1) is 0 Å². The number of hydrogen-bond donors (Lipinski definition) is 1. The first-order valence-corrected chi connectivity index (χ1v) is 8.82. The number of fused-ring (bicyclic) bond motifs is 1. The van der Waals surface area contributed by atoms with Gasteiger partial charge in [0.1, 0.15) is 6.04 Å². The smallest absolute Gasteiger partial charge is 0.322 e. The molecule has 0 aromatic heterocycles. The monoisotopic (exact) mass is 289 g/mol. The minimum atomic E-state index is -3.43. The minimum Gasteiger partial charge on any atom is -0.480 e. The Bertz CT molecular complexity index is 434. The van der Waals surface area contributed by atoms with Gasteiger partial charge in [-0.3, -0.25) is 4.79 Å². The van der Waals surface area contributed by atoms with Crippen LogP contribution < -0.4 is 0 Å². The number of unbranched alkanes of at least 4 members (excludes halogenated alkanes) is 2. The lowest BCUT2D eigenvalue weighted by molar-refractivity contribution is -0.141. The molecule has 0 bridgehead atoms. The van der Waals surface area contributed by atoms with Gasteiger partial charge in [0.25, 0.3) is 0 Å². The highest BCUT2D eigenvalue weighted by atomic mass is 32.2. The molecule has 0 amide bonds. The summed E-state index contributed by atoms with van der Waals surface area (Å²) in [5.41, 5.74) is 0. The average molecular weight is 289 g/mol. The van der Waals surface area contributed by atoms with E-state index in [1.54, 1.807) is 0 Å². The van der Waals surface area contributed by atoms with E-state index >= 15 is 0 Å². The number of carboxylic acids is 1. The average Bonchev–Trinajstić information content (AvgIpc) is 2.87. The van der Waals surface area contributed by atoms with Crippen LogP contribution in [0.4, 0.5) is 0 Å². The van der Waals surface area contributed by atoms with Crippen LogP contribution in [-0.2, 0) is 14.8 Å². The number of rotatable bonds is 6. The van der Waals surface area contributed by atoms with E-state index < -0.39 is 22.0 Å². The molecule has 1 aliphatic carbocycles. The number of hydrogen-bond acceptors (Lipinski definition) is 3. The molecule has 0 radical (unpaired) electrons. The van der Waals surface area contributed by atoms with Crippen molar-refractivity contribution in [3.05, 3.63) is 0 Å². The van der Waals surface area contributed by atoms with Crippen molar-refractivity contribution in [2.45, 2.75) is 64.0 Å². The molecule has 0 spiro atoms. The fourth-order valence-electron chi connectivity index (χ4n) is 3.50. The normalized spacial score (nSPS) is 31.5. The number of sulfonamides is 1. The zero-order valence-electron chi connectivity index (χ0n) is 11.4. The maximum absolute atomic E-state index is 12.4. The Morgan fingerprint density at radius 2 is 2.05 bits per heavy atom. The predicted molar refractivity (Wildman–Crippen MR) is 72.3 cm³/mol. The molecule has 1 N–H and O–H groups in total. The Labute approximate surface area is 115 Å². The molecule has 5 nitrogen and oxygen atoms in total. The number of aliphatic carboxylic acids is 1. The third-order valence-corrected chi connectivity index (χ3v) is 6.36. The van der Waals surface area contributed by atoms with Crippen LogP contribution in [0.25, 0.3) is 0 Å². The number of carbonyl (C=O) groups is 1. The summed E-state index contributed by atoms with van der Waals surface area (Å²) in [5, 5.41) is 9.27. The van der Waals surface area contributed by atoms with Crippen LogP contribution in [0, 0.1) is 5.92 Å². The van der Waals surface area contributed by atoms with Crippen LogP contribution in [0.15, 0.2) is 0 Å². The van der Waals surface area contributed by atoms with E-state index in [4.69, 9.17) is 0 Å². The molecule has 2 aliphatic rings. The van der Waals surface area contributed by atoms with Crippen LogP contribution in [0.2, 0.25) is 0 Å². The van der Waals surface area contributed by atoms with Gasteiger partial charge in [0.2, 0.25) is 10.0 Å². The van der Waals surface area contributed by atoms with Gasteiger partial charge in [0.15, 0.2) is 0 Å². The fourth-order valence-corrected chi connectivity index (χ4v) is 5.53. The van der Waals surface area contributed by atoms with E-state index in [1.807, 2.05) is 6.92 Å². The van der Waals surface area contributed by atoms with E-state index in [-0.39, 0.29) is 17.7 Å². The Balaban J connectivity index is 2.15. The highest BCUT2D eigenvalue weighted by Gasteiger charge is 2.51. The molecule has 2 rings (SSSR count). The third kappa shape index (κ3) is 2.94. The predicted octanol–water partition coefficient (Wildman–Crippen LogP) is 1.83. The van der Waals surface area contributed by atoms with E-state index in [2.05, 4.69) is 0 Å². The van der Waals surface area contributed by atoms with Crippen LogP contribution >= 0.6 is 0 Å². The first kappa shape index (κ1) is 14.8. The molecule has 2 fully saturated rings. The van der Waals surface area contributed by atoms with Gasteiger partial charge in [0, 0.05) is 6.04 Å². The number of nitrogens with zero attached hydrogens (tertiary/aromatic N) is 1. The van der Waals surface area contributed by atoms with E-state index in [0.29, 0.717) is 12.8 Å². The summed E-state index contributed by atoms with van der Waals surface area (Å²) < 4.78 is 26.2. The van der Waals surface area contributed by atoms with Crippen LogP contribution in [0.5, 0.6) is 0 Å². The quantitative estimate of drug-likeness (QED) is 0.757. The molecule has 0 aromatic carbocycles. The van der Waals surface area contributed by atoms with Gasteiger partial charge in [-0.1, -0.05) is 26.2 Å². The van der Waals surface area contributed by atoms with Gasteiger partial charge in [0.05, 0.1) is 5.75 Å². The van der Waals surface area contributed by atoms with Gasteiger partial charge in [-0.25, -0.2) is 8.42 Å². The lowest BCUT2D eigenvalue weighted by Gasteiger charge is -2.26. The second-order valence-corrected chi connectivity index (χ2v) is 7.69. The topological polar surface area (TPSA) is 74.7 Å². The van der Waals surface area contributed by atoms with Crippen molar-refractivity contribution in [2.75, 3.05) is 5.75 Å². The summed E-state index contributed by atoms with van der Waals surface area (Å²) in [4.78, 5) is 11.3. The molecule has 1 saturated carbocycles. The molecular weight excluding hydrogens is 266 g/mol. The van der Waals surface area contributed by atoms with Gasteiger partial charge < -0.3 is 5.11 Å². The Hall–Kier alpha value is -0.620. The Morgan fingerprint density at radius 3 is 2.68 bits per heavy atom. The third-order valence-electron chi connectivity index (χ3n) is 4.39. The molecule has 0 aromatic rings.